The highest BCUT2D eigenvalue weighted by Crippen LogP contribution is 2.23. The Morgan fingerprint density at radius 1 is 0.900 bits per heavy atom. The number of halogens is 2. The second kappa shape index (κ2) is 5.94. The molecule has 0 aliphatic heterocycles. The first-order valence-corrected chi connectivity index (χ1v) is 7.84. The Morgan fingerprint density at radius 3 is 2.55 bits per heavy atom. The minimum absolute atomic E-state index is 0.710. The summed E-state index contributed by atoms with van der Waals surface area (Å²) in [6.45, 7) is 0.710. The number of anilines is 1. The van der Waals surface area contributed by atoms with Gasteiger partial charge < -0.3 is 5.32 Å². The lowest BCUT2D eigenvalue weighted by molar-refractivity contribution is 1.03. The molecule has 20 heavy (non-hydrogen) atoms. The van der Waals surface area contributed by atoms with E-state index in [2.05, 4.69) is 78.6 Å². The van der Waals surface area contributed by atoms with E-state index < -0.39 is 0 Å². The lowest BCUT2D eigenvalue weighted by Crippen LogP contribution is -2.01. The van der Waals surface area contributed by atoms with Gasteiger partial charge in [-0.15, -0.1) is 0 Å². The van der Waals surface area contributed by atoms with Crippen molar-refractivity contribution < 1.29 is 0 Å². The van der Waals surface area contributed by atoms with Crippen LogP contribution in [0.15, 0.2) is 63.7 Å². The normalized spacial score (nSPS) is 10.7. The maximum absolute atomic E-state index is 4.41. The van der Waals surface area contributed by atoms with Crippen LogP contribution in [0.1, 0.15) is 5.69 Å². The zero-order valence-corrected chi connectivity index (χ0v) is 13.8. The molecule has 0 saturated heterocycles. The van der Waals surface area contributed by atoms with Crippen LogP contribution in [0.2, 0.25) is 0 Å². The Labute approximate surface area is 134 Å². The highest BCUT2D eigenvalue weighted by Gasteiger charge is 1.99. The van der Waals surface area contributed by atoms with Crippen molar-refractivity contribution >= 4 is 48.3 Å². The molecule has 0 aliphatic rings. The lowest BCUT2D eigenvalue weighted by Gasteiger charge is -2.08. The van der Waals surface area contributed by atoms with Gasteiger partial charge in [0.2, 0.25) is 0 Å². The number of nitrogens with one attached hydrogen (secondary N) is 1. The molecule has 0 fully saturated rings. The molecule has 0 unspecified atom stereocenters. The molecule has 3 rings (SSSR count). The van der Waals surface area contributed by atoms with Crippen molar-refractivity contribution in [3.05, 3.63) is 69.4 Å². The summed E-state index contributed by atoms with van der Waals surface area (Å²) in [6, 6.07) is 18.6. The minimum atomic E-state index is 0.710. The van der Waals surface area contributed by atoms with Crippen LogP contribution in [-0.2, 0) is 6.54 Å². The molecule has 2 aromatic carbocycles. The molecule has 0 saturated carbocycles. The molecular formula is C16H12Br2N2. The third kappa shape index (κ3) is 3.19. The van der Waals surface area contributed by atoms with E-state index >= 15 is 0 Å². The van der Waals surface area contributed by atoms with Crippen molar-refractivity contribution in [2.75, 3.05) is 5.32 Å². The average molecular weight is 392 g/mol. The predicted molar refractivity (Wildman–Crippen MR) is 90.9 cm³/mol. The largest absolute Gasteiger partial charge is 0.379 e. The van der Waals surface area contributed by atoms with Gasteiger partial charge in [-0.05, 0) is 63.1 Å². The Morgan fingerprint density at radius 2 is 1.70 bits per heavy atom. The molecule has 3 aromatic rings. The maximum atomic E-state index is 4.41. The number of rotatable bonds is 3. The monoisotopic (exact) mass is 390 g/mol. The van der Waals surface area contributed by atoms with Gasteiger partial charge in [-0.2, -0.15) is 0 Å². The summed E-state index contributed by atoms with van der Waals surface area (Å²) in [5, 5.41) is 5.85. The van der Waals surface area contributed by atoms with Crippen molar-refractivity contribution in [1.82, 2.24) is 4.98 Å². The van der Waals surface area contributed by atoms with E-state index in [9.17, 15) is 0 Å². The molecular weight excluding hydrogens is 380 g/mol. The van der Waals surface area contributed by atoms with Gasteiger partial charge in [-0.3, -0.25) is 0 Å². The maximum Gasteiger partial charge on any atom is 0.106 e. The molecule has 0 radical (unpaired) electrons. The molecule has 1 N–H and O–H groups in total. The van der Waals surface area contributed by atoms with Crippen LogP contribution in [-0.4, -0.2) is 4.98 Å². The molecule has 0 amide bonds. The molecule has 2 nitrogen and oxygen atoms in total. The van der Waals surface area contributed by atoms with Crippen LogP contribution >= 0.6 is 31.9 Å². The first kappa shape index (κ1) is 13.6. The van der Waals surface area contributed by atoms with Gasteiger partial charge in [0.25, 0.3) is 0 Å². The standard InChI is InChI=1S/C16H12Br2N2/c17-13-6-4-12-9-14(7-5-11(12)8-13)19-10-15-2-1-3-16(18)20-15/h1-9,19H,10H2. The fourth-order valence-electron chi connectivity index (χ4n) is 2.07. The minimum Gasteiger partial charge on any atom is -0.379 e. The summed E-state index contributed by atoms with van der Waals surface area (Å²) >= 11 is 6.88. The Kier molecular flexibility index (Phi) is 4.03. The van der Waals surface area contributed by atoms with Crippen LogP contribution in [0.5, 0.6) is 0 Å². The summed E-state index contributed by atoms with van der Waals surface area (Å²) < 4.78 is 1.96. The molecule has 0 bridgehead atoms. The van der Waals surface area contributed by atoms with Crippen LogP contribution in [0.3, 0.4) is 0 Å². The van der Waals surface area contributed by atoms with Crippen molar-refractivity contribution in [3.8, 4) is 0 Å². The van der Waals surface area contributed by atoms with E-state index in [0.29, 0.717) is 6.54 Å². The Hall–Kier alpha value is -1.39. The molecule has 1 heterocycles. The van der Waals surface area contributed by atoms with Gasteiger partial charge in [-0.25, -0.2) is 4.98 Å². The fourth-order valence-corrected chi connectivity index (χ4v) is 2.83. The summed E-state index contributed by atoms with van der Waals surface area (Å²) in [5.74, 6) is 0. The topological polar surface area (TPSA) is 24.9 Å². The number of benzene rings is 2. The zero-order valence-electron chi connectivity index (χ0n) is 10.6. The van der Waals surface area contributed by atoms with Gasteiger partial charge in [0, 0.05) is 10.2 Å². The van der Waals surface area contributed by atoms with E-state index in [1.807, 2.05) is 18.2 Å². The lowest BCUT2D eigenvalue weighted by atomic mass is 10.1. The molecule has 0 atom stereocenters. The van der Waals surface area contributed by atoms with E-state index in [1.54, 1.807) is 0 Å². The van der Waals surface area contributed by atoms with E-state index in [-0.39, 0.29) is 0 Å². The summed E-state index contributed by atoms with van der Waals surface area (Å²) in [5.41, 5.74) is 2.11. The third-order valence-corrected chi connectivity index (χ3v) is 3.98. The second-order valence-electron chi connectivity index (χ2n) is 4.51. The highest BCUT2D eigenvalue weighted by molar-refractivity contribution is 9.10. The zero-order chi connectivity index (χ0) is 13.9. The van der Waals surface area contributed by atoms with Gasteiger partial charge in [0.1, 0.15) is 4.60 Å². The van der Waals surface area contributed by atoms with Crippen LogP contribution < -0.4 is 5.32 Å². The Bertz CT molecular complexity index is 756. The molecule has 0 aliphatic carbocycles. The smallest absolute Gasteiger partial charge is 0.106 e. The van der Waals surface area contributed by atoms with Crippen molar-refractivity contribution in [2.45, 2.75) is 6.54 Å². The summed E-state index contributed by atoms with van der Waals surface area (Å²) in [6.07, 6.45) is 0. The van der Waals surface area contributed by atoms with Gasteiger partial charge in [0.15, 0.2) is 0 Å². The van der Waals surface area contributed by atoms with E-state index in [0.717, 1.165) is 20.5 Å². The number of hydrogen-bond acceptors (Lipinski definition) is 2. The number of nitrogens with zero attached hydrogens (tertiary/aromatic N) is 1. The summed E-state index contributed by atoms with van der Waals surface area (Å²) in [4.78, 5) is 4.41. The van der Waals surface area contributed by atoms with E-state index in [4.69, 9.17) is 0 Å². The highest BCUT2D eigenvalue weighted by atomic mass is 79.9. The first-order chi connectivity index (χ1) is 9.70. The second-order valence-corrected chi connectivity index (χ2v) is 6.24. The fraction of sp³-hybridized carbons (Fsp3) is 0.0625. The van der Waals surface area contributed by atoms with Crippen molar-refractivity contribution in [1.29, 1.82) is 0 Å². The number of aromatic nitrogens is 1. The molecule has 100 valence electrons. The van der Waals surface area contributed by atoms with Gasteiger partial charge in [-0.1, -0.05) is 34.1 Å². The SMILES string of the molecule is Brc1ccc2cc(NCc3cccc(Br)n3)ccc2c1. The van der Waals surface area contributed by atoms with Crippen molar-refractivity contribution in [2.24, 2.45) is 0 Å². The quantitative estimate of drug-likeness (QED) is 0.607. The first-order valence-electron chi connectivity index (χ1n) is 6.25. The van der Waals surface area contributed by atoms with E-state index in [1.165, 1.54) is 10.8 Å². The summed E-state index contributed by atoms with van der Waals surface area (Å²) in [7, 11) is 0. The van der Waals surface area contributed by atoms with Crippen LogP contribution in [0.25, 0.3) is 10.8 Å². The van der Waals surface area contributed by atoms with Gasteiger partial charge in [0.05, 0.1) is 12.2 Å². The predicted octanol–water partition coefficient (Wildman–Crippen LogP) is 5.37. The van der Waals surface area contributed by atoms with Crippen molar-refractivity contribution in [3.63, 3.8) is 0 Å². The average Bonchev–Trinajstić information content (AvgIpc) is 2.45. The molecule has 4 heteroatoms. The van der Waals surface area contributed by atoms with Crippen LogP contribution in [0.4, 0.5) is 5.69 Å². The number of fused-ring (bicyclic) bond motifs is 1. The molecule has 0 spiro atoms. The number of hydrogen-bond donors (Lipinski definition) is 1. The Balaban J connectivity index is 1.79. The van der Waals surface area contributed by atoms with Crippen LogP contribution in [0, 0.1) is 0 Å². The van der Waals surface area contributed by atoms with Gasteiger partial charge >= 0.3 is 0 Å². The molecule has 1 aromatic heterocycles. The number of pyridine rings is 1. The third-order valence-electron chi connectivity index (χ3n) is 3.05.